The van der Waals surface area contributed by atoms with Crippen molar-refractivity contribution in [2.45, 2.75) is 71.8 Å². The molecule has 0 amide bonds. The van der Waals surface area contributed by atoms with Gasteiger partial charge in [0.1, 0.15) is 0 Å². The minimum Gasteiger partial charge on any atom is -0.313 e. The molecule has 1 unspecified atom stereocenters. The number of hydrogen-bond acceptors (Lipinski definition) is 1. The molecule has 0 aliphatic heterocycles. The SMILES string of the molecule is CC1(C)C(NCCCC2CC2)[C@]2(C)CC[C@H]1C2. The average Bonchev–Trinajstić information content (AvgIpc) is 2.95. The highest BCUT2D eigenvalue weighted by atomic mass is 15.0. The Morgan fingerprint density at radius 2 is 1.88 bits per heavy atom. The molecule has 1 heteroatoms. The van der Waals surface area contributed by atoms with Crippen molar-refractivity contribution in [3.63, 3.8) is 0 Å². The van der Waals surface area contributed by atoms with Crippen LogP contribution < -0.4 is 5.32 Å². The van der Waals surface area contributed by atoms with Gasteiger partial charge in [0.2, 0.25) is 0 Å². The van der Waals surface area contributed by atoms with Crippen molar-refractivity contribution in [2.75, 3.05) is 6.54 Å². The zero-order chi connectivity index (χ0) is 12.1. The molecular formula is C16H29N. The minimum atomic E-state index is 0.534. The van der Waals surface area contributed by atoms with Gasteiger partial charge in [-0.1, -0.05) is 33.6 Å². The fourth-order valence-corrected chi connectivity index (χ4v) is 4.86. The van der Waals surface area contributed by atoms with Gasteiger partial charge in [0, 0.05) is 6.04 Å². The van der Waals surface area contributed by atoms with E-state index >= 15 is 0 Å². The third-order valence-electron chi connectivity index (χ3n) is 6.10. The lowest BCUT2D eigenvalue weighted by molar-refractivity contribution is 0.109. The molecule has 1 nitrogen and oxygen atoms in total. The Hall–Kier alpha value is -0.0400. The summed E-state index contributed by atoms with van der Waals surface area (Å²) in [6.45, 7) is 8.79. The number of hydrogen-bond donors (Lipinski definition) is 1. The number of fused-ring (bicyclic) bond motifs is 2. The van der Waals surface area contributed by atoms with E-state index in [9.17, 15) is 0 Å². The molecule has 0 aromatic carbocycles. The first kappa shape index (κ1) is 12.0. The van der Waals surface area contributed by atoms with E-state index in [1.165, 1.54) is 51.5 Å². The van der Waals surface area contributed by atoms with Crippen LogP contribution in [0.1, 0.15) is 65.7 Å². The van der Waals surface area contributed by atoms with Crippen LogP contribution in [0.15, 0.2) is 0 Å². The van der Waals surface area contributed by atoms with Crippen molar-refractivity contribution in [1.29, 1.82) is 0 Å². The van der Waals surface area contributed by atoms with E-state index < -0.39 is 0 Å². The largest absolute Gasteiger partial charge is 0.313 e. The first-order valence-electron chi connectivity index (χ1n) is 7.76. The third-order valence-corrected chi connectivity index (χ3v) is 6.10. The zero-order valence-corrected chi connectivity index (χ0v) is 11.9. The molecule has 3 atom stereocenters. The molecule has 3 fully saturated rings. The smallest absolute Gasteiger partial charge is 0.0175 e. The second-order valence-corrected chi connectivity index (χ2v) is 7.89. The summed E-state index contributed by atoms with van der Waals surface area (Å²) in [7, 11) is 0. The summed E-state index contributed by atoms with van der Waals surface area (Å²) >= 11 is 0. The molecular weight excluding hydrogens is 206 g/mol. The maximum atomic E-state index is 3.93. The predicted octanol–water partition coefficient (Wildman–Crippen LogP) is 3.98. The Morgan fingerprint density at radius 1 is 1.12 bits per heavy atom. The molecule has 2 bridgehead atoms. The Kier molecular flexibility index (Phi) is 2.81. The van der Waals surface area contributed by atoms with Gasteiger partial charge in [0.25, 0.3) is 0 Å². The highest BCUT2D eigenvalue weighted by Crippen LogP contribution is 2.62. The molecule has 1 N–H and O–H groups in total. The minimum absolute atomic E-state index is 0.534. The van der Waals surface area contributed by atoms with Crippen LogP contribution in [0.2, 0.25) is 0 Å². The van der Waals surface area contributed by atoms with E-state index in [-0.39, 0.29) is 0 Å². The maximum absolute atomic E-state index is 3.93. The van der Waals surface area contributed by atoms with Gasteiger partial charge in [-0.05, 0) is 61.3 Å². The Morgan fingerprint density at radius 3 is 2.47 bits per heavy atom. The summed E-state index contributed by atoms with van der Waals surface area (Å²) in [6.07, 6.45) is 10.3. The van der Waals surface area contributed by atoms with Gasteiger partial charge < -0.3 is 5.32 Å². The molecule has 3 saturated carbocycles. The summed E-state index contributed by atoms with van der Waals surface area (Å²) in [5.74, 6) is 2.08. The summed E-state index contributed by atoms with van der Waals surface area (Å²) in [5.41, 5.74) is 1.14. The van der Waals surface area contributed by atoms with Crippen molar-refractivity contribution in [2.24, 2.45) is 22.7 Å². The van der Waals surface area contributed by atoms with Crippen molar-refractivity contribution in [3.05, 3.63) is 0 Å². The monoisotopic (exact) mass is 235 g/mol. The highest BCUT2D eigenvalue weighted by molar-refractivity contribution is 5.11. The summed E-state index contributed by atoms with van der Waals surface area (Å²) in [6, 6.07) is 0.771. The van der Waals surface area contributed by atoms with Crippen molar-refractivity contribution < 1.29 is 0 Å². The third kappa shape index (κ3) is 2.05. The van der Waals surface area contributed by atoms with E-state index in [1.54, 1.807) is 0 Å². The van der Waals surface area contributed by atoms with Gasteiger partial charge in [0.15, 0.2) is 0 Å². The van der Waals surface area contributed by atoms with Gasteiger partial charge in [-0.3, -0.25) is 0 Å². The molecule has 3 aliphatic carbocycles. The van der Waals surface area contributed by atoms with Crippen LogP contribution in [0, 0.1) is 22.7 Å². The van der Waals surface area contributed by atoms with Crippen molar-refractivity contribution in [3.8, 4) is 0 Å². The number of nitrogens with one attached hydrogen (secondary N) is 1. The number of rotatable bonds is 5. The Balaban J connectivity index is 1.53. The van der Waals surface area contributed by atoms with Crippen molar-refractivity contribution in [1.82, 2.24) is 5.32 Å². The fourth-order valence-electron chi connectivity index (χ4n) is 4.86. The van der Waals surface area contributed by atoms with E-state index in [0.717, 1.165) is 17.9 Å². The lowest BCUT2D eigenvalue weighted by Gasteiger charge is -2.43. The van der Waals surface area contributed by atoms with Crippen LogP contribution in [0.25, 0.3) is 0 Å². The van der Waals surface area contributed by atoms with Crippen LogP contribution in [-0.2, 0) is 0 Å². The van der Waals surface area contributed by atoms with E-state index in [0.29, 0.717) is 10.8 Å². The average molecular weight is 235 g/mol. The molecule has 0 radical (unpaired) electrons. The Bertz CT molecular complexity index is 287. The van der Waals surface area contributed by atoms with E-state index in [2.05, 4.69) is 26.1 Å². The van der Waals surface area contributed by atoms with Crippen molar-refractivity contribution >= 4 is 0 Å². The molecule has 0 spiro atoms. The van der Waals surface area contributed by atoms with Gasteiger partial charge in [0.05, 0.1) is 0 Å². The first-order chi connectivity index (χ1) is 8.02. The zero-order valence-electron chi connectivity index (χ0n) is 11.9. The van der Waals surface area contributed by atoms with Gasteiger partial charge >= 0.3 is 0 Å². The molecule has 3 rings (SSSR count). The highest BCUT2D eigenvalue weighted by Gasteiger charge is 2.58. The van der Waals surface area contributed by atoms with Gasteiger partial charge in [-0.25, -0.2) is 0 Å². The second-order valence-electron chi connectivity index (χ2n) is 7.89. The van der Waals surface area contributed by atoms with Crippen LogP contribution >= 0.6 is 0 Å². The molecule has 3 aliphatic rings. The van der Waals surface area contributed by atoms with Gasteiger partial charge in [-0.2, -0.15) is 0 Å². The Labute approximate surface area is 107 Å². The van der Waals surface area contributed by atoms with E-state index in [4.69, 9.17) is 0 Å². The first-order valence-corrected chi connectivity index (χ1v) is 7.76. The van der Waals surface area contributed by atoms with Crippen LogP contribution in [0.4, 0.5) is 0 Å². The fraction of sp³-hybridized carbons (Fsp3) is 1.00. The van der Waals surface area contributed by atoms with E-state index in [1.807, 2.05) is 0 Å². The van der Waals surface area contributed by atoms with Crippen LogP contribution in [0.3, 0.4) is 0 Å². The topological polar surface area (TPSA) is 12.0 Å². The van der Waals surface area contributed by atoms with Crippen LogP contribution in [-0.4, -0.2) is 12.6 Å². The lowest BCUT2D eigenvalue weighted by atomic mass is 9.68. The normalized spacial score (nSPS) is 43.2. The van der Waals surface area contributed by atoms with Crippen LogP contribution in [0.5, 0.6) is 0 Å². The quantitative estimate of drug-likeness (QED) is 0.711. The molecule has 98 valence electrons. The molecule has 0 aromatic heterocycles. The molecule has 0 heterocycles. The molecule has 0 saturated heterocycles. The standard InChI is InChI=1S/C16H29N/c1-15(2)13-8-9-16(3,11-13)14(15)17-10-4-5-12-6-7-12/h12-14,17H,4-11H2,1-3H3/t13-,14?,16+/m0/s1. The summed E-state index contributed by atoms with van der Waals surface area (Å²) in [4.78, 5) is 0. The summed E-state index contributed by atoms with van der Waals surface area (Å²) in [5, 5.41) is 3.93. The molecule has 17 heavy (non-hydrogen) atoms. The maximum Gasteiger partial charge on any atom is 0.0175 e. The van der Waals surface area contributed by atoms with Gasteiger partial charge in [-0.15, -0.1) is 0 Å². The second kappa shape index (κ2) is 3.98. The predicted molar refractivity (Wildman–Crippen MR) is 73.0 cm³/mol. The summed E-state index contributed by atoms with van der Waals surface area (Å²) < 4.78 is 0. The molecule has 0 aromatic rings. The lowest BCUT2D eigenvalue weighted by Crippen LogP contribution is -2.50.